The van der Waals surface area contributed by atoms with Crippen molar-refractivity contribution in [3.05, 3.63) is 36.3 Å². The molecule has 0 radical (unpaired) electrons. The van der Waals surface area contributed by atoms with Gasteiger partial charge in [-0.3, -0.25) is 4.90 Å². The number of nitrogens with zero attached hydrogens (tertiary/aromatic N) is 2. The lowest BCUT2D eigenvalue weighted by Gasteiger charge is -2.26. The highest BCUT2D eigenvalue weighted by Crippen LogP contribution is 2.20. The minimum Gasteiger partial charge on any atom is -0.497 e. The van der Waals surface area contributed by atoms with Gasteiger partial charge in [-0.2, -0.15) is 0 Å². The van der Waals surface area contributed by atoms with Gasteiger partial charge in [0, 0.05) is 26.2 Å². The van der Waals surface area contributed by atoms with Gasteiger partial charge in [0.1, 0.15) is 11.6 Å². The van der Waals surface area contributed by atoms with Crippen molar-refractivity contribution in [2.45, 2.75) is 6.54 Å². The zero-order chi connectivity index (χ0) is 13.8. The molecule has 1 aromatic carbocycles. The van der Waals surface area contributed by atoms with E-state index in [-0.39, 0.29) is 0 Å². The van der Waals surface area contributed by atoms with Crippen molar-refractivity contribution in [1.82, 2.24) is 20.2 Å². The predicted octanol–water partition coefficient (Wildman–Crippen LogP) is 1.49. The van der Waals surface area contributed by atoms with Crippen molar-refractivity contribution in [3.63, 3.8) is 0 Å². The molecule has 2 N–H and O–H groups in total. The van der Waals surface area contributed by atoms with Crippen LogP contribution >= 0.6 is 0 Å². The average molecular weight is 272 g/mol. The topological polar surface area (TPSA) is 53.2 Å². The Hall–Kier alpha value is -1.85. The van der Waals surface area contributed by atoms with Crippen LogP contribution < -0.4 is 10.1 Å². The molecule has 1 saturated heterocycles. The van der Waals surface area contributed by atoms with E-state index in [0.717, 1.165) is 55.6 Å². The van der Waals surface area contributed by atoms with Crippen LogP contribution in [0.25, 0.3) is 11.3 Å². The van der Waals surface area contributed by atoms with E-state index < -0.39 is 0 Å². The van der Waals surface area contributed by atoms with E-state index in [1.54, 1.807) is 7.11 Å². The molecular formula is C15H20N4O. The van der Waals surface area contributed by atoms with Gasteiger partial charge >= 0.3 is 0 Å². The van der Waals surface area contributed by atoms with Crippen LogP contribution in [-0.4, -0.2) is 48.2 Å². The van der Waals surface area contributed by atoms with Gasteiger partial charge < -0.3 is 15.0 Å². The van der Waals surface area contributed by atoms with Crippen molar-refractivity contribution in [2.24, 2.45) is 0 Å². The molecule has 1 aromatic heterocycles. The second-order valence-corrected chi connectivity index (χ2v) is 5.00. The summed E-state index contributed by atoms with van der Waals surface area (Å²) in [6, 6.07) is 8.01. The van der Waals surface area contributed by atoms with E-state index in [1.807, 2.05) is 30.5 Å². The minimum atomic E-state index is 0.870. The van der Waals surface area contributed by atoms with E-state index in [4.69, 9.17) is 4.74 Å². The number of benzene rings is 1. The molecule has 2 aromatic rings. The zero-order valence-electron chi connectivity index (χ0n) is 11.7. The van der Waals surface area contributed by atoms with Gasteiger partial charge in [-0.1, -0.05) is 0 Å². The molecule has 0 spiro atoms. The molecule has 1 aliphatic heterocycles. The monoisotopic (exact) mass is 272 g/mol. The summed E-state index contributed by atoms with van der Waals surface area (Å²) in [5.41, 5.74) is 2.18. The third-order valence-corrected chi connectivity index (χ3v) is 3.61. The SMILES string of the molecule is COc1ccc(-c2cnc(CN3CCNCC3)[nH]2)cc1. The first-order valence-corrected chi connectivity index (χ1v) is 6.96. The van der Waals surface area contributed by atoms with Crippen LogP contribution in [0.2, 0.25) is 0 Å². The van der Waals surface area contributed by atoms with Gasteiger partial charge in [0.15, 0.2) is 0 Å². The quantitative estimate of drug-likeness (QED) is 0.885. The Morgan fingerprint density at radius 3 is 2.65 bits per heavy atom. The van der Waals surface area contributed by atoms with Crippen molar-refractivity contribution in [1.29, 1.82) is 0 Å². The first kappa shape index (κ1) is 13.1. The summed E-state index contributed by atoms with van der Waals surface area (Å²) in [6.45, 7) is 5.17. The fourth-order valence-corrected chi connectivity index (χ4v) is 2.44. The zero-order valence-corrected chi connectivity index (χ0v) is 11.7. The minimum absolute atomic E-state index is 0.870. The van der Waals surface area contributed by atoms with E-state index in [9.17, 15) is 0 Å². The smallest absolute Gasteiger partial charge is 0.120 e. The highest BCUT2D eigenvalue weighted by atomic mass is 16.5. The van der Waals surface area contributed by atoms with E-state index in [0.29, 0.717) is 0 Å². The molecule has 0 atom stereocenters. The summed E-state index contributed by atoms with van der Waals surface area (Å²) < 4.78 is 5.17. The number of ether oxygens (including phenoxy) is 1. The lowest BCUT2D eigenvalue weighted by atomic mass is 10.2. The Morgan fingerprint density at radius 2 is 1.95 bits per heavy atom. The number of aromatic amines is 1. The van der Waals surface area contributed by atoms with Gasteiger partial charge in [-0.15, -0.1) is 0 Å². The fraction of sp³-hybridized carbons (Fsp3) is 0.400. The molecule has 20 heavy (non-hydrogen) atoms. The van der Waals surface area contributed by atoms with Crippen LogP contribution in [0.3, 0.4) is 0 Å². The molecule has 3 rings (SSSR count). The predicted molar refractivity (Wildman–Crippen MR) is 78.7 cm³/mol. The van der Waals surface area contributed by atoms with E-state index >= 15 is 0 Å². The number of imidazole rings is 1. The van der Waals surface area contributed by atoms with Crippen LogP contribution in [0.5, 0.6) is 5.75 Å². The average Bonchev–Trinajstić information content (AvgIpc) is 2.97. The largest absolute Gasteiger partial charge is 0.497 e. The van der Waals surface area contributed by atoms with Crippen LogP contribution in [0.15, 0.2) is 30.5 Å². The molecule has 2 heterocycles. The second kappa shape index (κ2) is 6.07. The molecule has 106 valence electrons. The number of hydrogen-bond acceptors (Lipinski definition) is 4. The summed E-state index contributed by atoms with van der Waals surface area (Å²) in [7, 11) is 1.68. The number of hydrogen-bond donors (Lipinski definition) is 2. The van der Waals surface area contributed by atoms with Crippen molar-refractivity contribution in [2.75, 3.05) is 33.3 Å². The number of piperazine rings is 1. The molecule has 0 amide bonds. The normalized spacial score (nSPS) is 16.2. The highest BCUT2D eigenvalue weighted by molar-refractivity contribution is 5.59. The van der Waals surface area contributed by atoms with Gasteiger partial charge in [-0.05, 0) is 29.8 Å². The number of methoxy groups -OCH3 is 1. The molecular weight excluding hydrogens is 252 g/mol. The lowest BCUT2D eigenvalue weighted by Crippen LogP contribution is -2.43. The maximum absolute atomic E-state index is 5.17. The van der Waals surface area contributed by atoms with Crippen molar-refractivity contribution in [3.8, 4) is 17.0 Å². The van der Waals surface area contributed by atoms with Gasteiger partial charge in [-0.25, -0.2) is 4.98 Å². The number of nitrogens with one attached hydrogen (secondary N) is 2. The van der Waals surface area contributed by atoms with Crippen molar-refractivity contribution >= 4 is 0 Å². The molecule has 0 saturated carbocycles. The molecule has 0 aliphatic carbocycles. The van der Waals surface area contributed by atoms with E-state index in [2.05, 4.69) is 20.2 Å². The summed E-state index contributed by atoms with van der Waals surface area (Å²) in [4.78, 5) is 10.3. The molecule has 0 unspecified atom stereocenters. The Morgan fingerprint density at radius 1 is 1.20 bits per heavy atom. The Balaban J connectivity index is 1.68. The third-order valence-electron chi connectivity index (χ3n) is 3.61. The van der Waals surface area contributed by atoms with Gasteiger partial charge in [0.25, 0.3) is 0 Å². The highest BCUT2D eigenvalue weighted by Gasteiger charge is 2.12. The van der Waals surface area contributed by atoms with Crippen molar-refractivity contribution < 1.29 is 4.74 Å². The molecule has 0 bridgehead atoms. The van der Waals surface area contributed by atoms with Crippen LogP contribution in [0, 0.1) is 0 Å². The number of H-pyrrole nitrogens is 1. The lowest BCUT2D eigenvalue weighted by molar-refractivity contribution is 0.228. The summed E-state index contributed by atoms with van der Waals surface area (Å²) in [6.07, 6.45) is 1.90. The Kier molecular flexibility index (Phi) is 3.99. The second-order valence-electron chi connectivity index (χ2n) is 5.00. The van der Waals surface area contributed by atoms with Gasteiger partial charge in [0.2, 0.25) is 0 Å². The number of aromatic nitrogens is 2. The van der Waals surface area contributed by atoms with Crippen LogP contribution in [-0.2, 0) is 6.54 Å². The Bertz CT molecular complexity index is 543. The van der Waals surface area contributed by atoms with E-state index in [1.165, 1.54) is 0 Å². The van der Waals surface area contributed by atoms with Gasteiger partial charge in [0.05, 0.1) is 25.5 Å². The van der Waals surface area contributed by atoms with Crippen LogP contribution in [0.1, 0.15) is 5.82 Å². The first-order valence-electron chi connectivity index (χ1n) is 6.96. The summed E-state index contributed by atoms with van der Waals surface area (Å²) in [5, 5.41) is 3.36. The summed E-state index contributed by atoms with van der Waals surface area (Å²) in [5.74, 6) is 1.90. The third kappa shape index (κ3) is 3.00. The summed E-state index contributed by atoms with van der Waals surface area (Å²) >= 11 is 0. The fourth-order valence-electron chi connectivity index (χ4n) is 2.44. The molecule has 5 heteroatoms. The molecule has 5 nitrogen and oxygen atoms in total. The maximum Gasteiger partial charge on any atom is 0.120 e. The number of rotatable bonds is 4. The first-order chi connectivity index (χ1) is 9.85. The molecule has 1 fully saturated rings. The van der Waals surface area contributed by atoms with Crippen LogP contribution in [0.4, 0.5) is 0 Å². The molecule has 1 aliphatic rings. The maximum atomic E-state index is 5.17. The standard InChI is InChI=1S/C15H20N4O/c1-20-13-4-2-12(3-5-13)14-10-17-15(18-14)11-19-8-6-16-7-9-19/h2-5,10,16H,6-9,11H2,1H3,(H,17,18). The Labute approximate surface area is 119 Å².